The molecular weight excluding hydrogens is 312 g/mol. The Hall–Kier alpha value is -0.380. The summed E-state index contributed by atoms with van der Waals surface area (Å²) in [6, 6.07) is 9.17. The third-order valence-corrected chi connectivity index (χ3v) is 5.06. The molecule has 0 radical (unpaired) electrons. The van der Waals surface area contributed by atoms with Gasteiger partial charge in [-0.25, -0.2) is 0 Å². The molecule has 0 saturated carbocycles. The molecule has 0 amide bonds. The predicted octanol–water partition coefficient (Wildman–Crippen LogP) is 4.22. The molecule has 1 N–H and O–H groups in total. The Morgan fingerprint density at radius 3 is 2.75 bits per heavy atom. The van der Waals surface area contributed by atoms with Crippen LogP contribution < -0.4 is 5.32 Å². The number of halogens is 1. The van der Waals surface area contributed by atoms with Crippen molar-refractivity contribution in [3.05, 3.63) is 34.3 Å². The van der Waals surface area contributed by atoms with Gasteiger partial charge in [0.05, 0.1) is 0 Å². The van der Waals surface area contributed by atoms with Crippen molar-refractivity contribution in [1.29, 1.82) is 0 Å². The molecule has 0 spiro atoms. The molecule has 1 fully saturated rings. The number of hydrogen-bond donors (Lipinski definition) is 1. The molecule has 0 aliphatic carbocycles. The number of likely N-dealkylation sites (tertiary alicyclic amines) is 1. The smallest absolute Gasteiger partial charge is 0.0329 e. The first kappa shape index (κ1) is 16.0. The standard InChI is InChI=1S/C17H27BrN2/c1-3-14-5-4-11-20(13-14)12-10-17(19-2)15-6-8-16(18)9-7-15/h6-9,14,17,19H,3-5,10-13H2,1-2H3. The molecule has 2 nitrogen and oxygen atoms in total. The molecule has 20 heavy (non-hydrogen) atoms. The molecular formula is C17H27BrN2. The molecule has 1 aliphatic heterocycles. The molecule has 1 aliphatic rings. The van der Waals surface area contributed by atoms with Crippen molar-refractivity contribution < 1.29 is 0 Å². The van der Waals surface area contributed by atoms with Gasteiger partial charge in [0.1, 0.15) is 0 Å². The Morgan fingerprint density at radius 2 is 2.10 bits per heavy atom. The van der Waals surface area contributed by atoms with E-state index in [9.17, 15) is 0 Å². The van der Waals surface area contributed by atoms with Crippen LogP contribution in [0, 0.1) is 5.92 Å². The highest BCUT2D eigenvalue weighted by atomic mass is 79.9. The molecule has 0 bridgehead atoms. The summed E-state index contributed by atoms with van der Waals surface area (Å²) in [5, 5.41) is 3.46. The molecule has 2 rings (SSSR count). The summed E-state index contributed by atoms with van der Waals surface area (Å²) in [5.41, 5.74) is 1.39. The average molecular weight is 339 g/mol. The molecule has 1 heterocycles. The second-order valence-corrected chi connectivity index (χ2v) is 6.81. The number of rotatable bonds is 6. The zero-order valence-corrected chi connectivity index (χ0v) is 14.3. The second-order valence-electron chi connectivity index (χ2n) is 5.90. The molecule has 3 heteroatoms. The van der Waals surface area contributed by atoms with E-state index in [-0.39, 0.29) is 0 Å². The number of benzene rings is 1. The minimum atomic E-state index is 0.463. The lowest BCUT2D eigenvalue weighted by Gasteiger charge is -2.33. The number of nitrogens with zero attached hydrogens (tertiary/aromatic N) is 1. The van der Waals surface area contributed by atoms with Crippen molar-refractivity contribution in [3.8, 4) is 0 Å². The van der Waals surface area contributed by atoms with Gasteiger partial charge in [-0.15, -0.1) is 0 Å². The lowest BCUT2D eigenvalue weighted by atomic mass is 9.95. The summed E-state index contributed by atoms with van der Waals surface area (Å²) in [7, 11) is 2.07. The zero-order chi connectivity index (χ0) is 14.4. The largest absolute Gasteiger partial charge is 0.313 e. The fraction of sp³-hybridized carbons (Fsp3) is 0.647. The Bertz CT molecular complexity index is 390. The third-order valence-electron chi connectivity index (χ3n) is 4.54. The van der Waals surface area contributed by atoms with Crippen molar-refractivity contribution in [2.75, 3.05) is 26.7 Å². The summed E-state index contributed by atoms with van der Waals surface area (Å²) in [5.74, 6) is 0.921. The van der Waals surface area contributed by atoms with E-state index < -0.39 is 0 Å². The monoisotopic (exact) mass is 338 g/mol. The highest BCUT2D eigenvalue weighted by Crippen LogP contribution is 2.23. The maximum atomic E-state index is 3.50. The van der Waals surface area contributed by atoms with E-state index in [0.29, 0.717) is 6.04 Å². The maximum absolute atomic E-state index is 3.50. The van der Waals surface area contributed by atoms with Crippen LogP contribution in [-0.2, 0) is 0 Å². The summed E-state index contributed by atoms with van der Waals surface area (Å²) in [6.07, 6.45) is 5.32. The minimum absolute atomic E-state index is 0.463. The van der Waals surface area contributed by atoms with Crippen LogP contribution in [0.15, 0.2) is 28.7 Å². The van der Waals surface area contributed by atoms with Gasteiger partial charge < -0.3 is 10.2 Å². The van der Waals surface area contributed by atoms with Gasteiger partial charge in [0.2, 0.25) is 0 Å². The first-order valence-electron chi connectivity index (χ1n) is 7.88. The van der Waals surface area contributed by atoms with Crippen molar-refractivity contribution in [2.45, 2.75) is 38.6 Å². The van der Waals surface area contributed by atoms with Crippen molar-refractivity contribution in [1.82, 2.24) is 10.2 Å². The summed E-state index contributed by atoms with van der Waals surface area (Å²) < 4.78 is 1.15. The van der Waals surface area contributed by atoms with Crippen LogP contribution in [0.3, 0.4) is 0 Å². The van der Waals surface area contributed by atoms with Crippen molar-refractivity contribution in [2.24, 2.45) is 5.92 Å². The third kappa shape index (κ3) is 4.57. The normalized spacial score (nSPS) is 21.9. The van der Waals surface area contributed by atoms with Crippen LogP contribution in [0.4, 0.5) is 0 Å². The average Bonchev–Trinajstić information content (AvgIpc) is 2.50. The van der Waals surface area contributed by atoms with Crippen LogP contribution in [0.25, 0.3) is 0 Å². The molecule has 1 aromatic carbocycles. The molecule has 2 atom stereocenters. The molecule has 1 aromatic rings. The Kier molecular flexibility index (Phi) is 6.53. The molecule has 112 valence electrons. The minimum Gasteiger partial charge on any atom is -0.313 e. The van der Waals surface area contributed by atoms with Crippen LogP contribution in [-0.4, -0.2) is 31.6 Å². The van der Waals surface area contributed by atoms with Crippen molar-refractivity contribution >= 4 is 15.9 Å². The summed E-state index contributed by atoms with van der Waals surface area (Å²) in [6.45, 7) is 6.12. The van der Waals surface area contributed by atoms with E-state index in [1.807, 2.05) is 0 Å². The van der Waals surface area contributed by atoms with Gasteiger partial charge in [-0.1, -0.05) is 41.4 Å². The number of piperidine rings is 1. The summed E-state index contributed by atoms with van der Waals surface area (Å²) in [4.78, 5) is 2.65. The number of hydrogen-bond acceptors (Lipinski definition) is 2. The molecule has 2 unspecified atom stereocenters. The first-order valence-corrected chi connectivity index (χ1v) is 8.67. The van der Waals surface area contributed by atoms with Crippen LogP contribution in [0.2, 0.25) is 0 Å². The Labute approximate surface area is 132 Å². The van der Waals surface area contributed by atoms with Gasteiger partial charge in [0, 0.05) is 17.1 Å². The van der Waals surface area contributed by atoms with Crippen LogP contribution in [0.5, 0.6) is 0 Å². The fourth-order valence-electron chi connectivity index (χ4n) is 3.17. The van der Waals surface area contributed by atoms with E-state index in [2.05, 4.69) is 64.4 Å². The number of nitrogens with one attached hydrogen (secondary N) is 1. The van der Waals surface area contributed by atoms with Gasteiger partial charge in [-0.05, 0) is 63.0 Å². The van der Waals surface area contributed by atoms with E-state index in [4.69, 9.17) is 0 Å². The fourth-order valence-corrected chi connectivity index (χ4v) is 3.44. The van der Waals surface area contributed by atoms with Crippen molar-refractivity contribution in [3.63, 3.8) is 0 Å². The van der Waals surface area contributed by atoms with Gasteiger partial charge >= 0.3 is 0 Å². The van der Waals surface area contributed by atoms with Gasteiger partial charge in [-0.2, -0.15) is 0 Å². The highest BCUT2D eigenvalue weighted by molar-refractivity contribution is 9.10. The maximum Gasteiger partial charge on any atom is 0.0329 e. The molecule has 1 saturated heterocycles. The van der Waals surface area contributed by atoms with E-state index >= 15 is 0 Å². The Morgan fingerprint density at radius 1 is 1.35 bits per heavy atom. The lowest BCUT2D eigenvalue weighted by molar-refractivity contribution is 0.165. The topological polar surface area (TPSA) is 15.3 Å². The SMILES string of the molecule is CCC1CCCN(CCC(NC)c2ccc(Br)cc2)C1. The first-order chi connectivity index (χ1) is 9.72. The highest BCUT2D eigenvalue weighted by Gasteiger charge is 2.19. The van der Waals surface area contributed by atoms with E-state index in [1.165, 1.54) is 50.9 Å². The summed E-state index contributed by atoms with van der Waals surface area (Å²) >= 11 is 3.50. The van der Waals surface area contributed by atoms with E-state index in [0.717, 1.165) is 10.4 Å². The second kappa shape index (κ2) is 8.16. The predicted molar refractivity (Wildman–Crippen MR) is 90.0 cm³/mol. The van der Waals surface area contributed by atoms with Gasteiger partial charge in [0.25, 0.3) is 0 Å². The quantitative estimate of drug-likeness (QED) is 0.835. The Balaban J connectivity index is 1.85. The lowest BCUT2D eigenvalue weighted by Crippen LogP contribution is -2.37. The van der Waals surface area contributed by atoms with Gasteiger partial charge in [0.15, 0.2) is 0 Å². The van der Waals surface area contributed by atoms with Crippen LogP contribution in [0.1, 0.15) is 44.2 Å². The van der Waals surface area contributed by atoms with Crippen LogP contribution >= 0.6 is 15.9 Å². The van der Waals surface area contributed by atoms with Gasteiger partial charge in [-0.3, -0.25) is 0 Å². The van der Waals surface area contributed by atoms with E-state index in [1.54, 1.807) is 0 Å². The molecule has 0 aromatic heterocycles. The zero-order valence-electron chi connectivity index (χ0n) is 12.7.